The van der Waals surface area contributed by atoms with Gasteiger partial charge in [0.25, 0.3) is 6.43 Å². The van der Waals surface area contributed by atoms with Crippen LogP contribution in [-0.2, 0) is 0 Å². The summed E-state index contributed by atoms with van der Waals surface area (Å²) in [5.41, 5.74) is 6.37. The zero-order valence-electron chi connectivity index (χ0n) is 26.0. The van der Waals surface area contributed by atoms with E-state index in [0.29, 0.717) is 30.9 Å². The quantitative estimate of drug-likeness (QED) is 0.167. The van der Waals surface area contributed by atoms with E-state index in [4.69, 9.17) is 31.8 Å². The molecule has 2 aromatic carbocycles. The number of halogens is 5. The highest BCUT2D eigenvalue weighted by atomic mass is 35.5. The third-order valence-corrected chi connectivity index (χ3v) is 11.6. The Morgan fingerprint density at radius 2 is 2.12 bits per heavy atom. The largest absolute Gasteiger partial charge is 0.491 e. The lowest BCUT2D eigenvalue weighted by Crippen LogP contribution is -2.43. The van der Waals surface area contributed by atoms with Gasteiger partial charge in [0.1, 0.15) is 34.8 Å². The minimum absolute atomic E-state index is 0.0143. The number of nitriles is 1. The van der Waals surface area contributed by atoms with Crippen LogP contribution in [0.2, 0.25) is 5.02 Å². The van der Waals surface area contributed by atoms with Crippen molar-refractivity contribution < 1.29 is 27.0 Å². The van der Waals surface area contributed by atoms with Crippen LogP contribution in [0.4, 0.5) is 28.4 Å². The third-order valence-electron chi connectivity index (χ3n) is 10.3. The van der Waals surface area contributed by atoms with Crippen LogP contribution in [0.3, 0.4) is 0 Å². The molecule has 0 radical (unpaired) electrons. The van der Waals surface area contributed by atoms with Crippen molar-refractivity contribution >= 4 is 54.7 Å². The number of hydrogen-bond acceptors (Lipinski definition) is 9. The molecule has 0 aliphatic carbocycles. The van der Waals surface area contributed by atoms with Crippen LogP contribution in [0, 0.1) is 28.9 Å². The van der Waals surface area contributed by atoms with Gasteiger partial charge in [-0.1, -0.05) is 24.6 Å². The number of allylic oxidation sites excluding steroid dienone is 1. The third kappa shape index (κ3) is 4.86. The Kier molecular flexibility index (Phi) is 7.61. The van der Waals surface area contributed by atoms with Gasteiger partial charge in [-0.3, -0.25) is 4.90 Å². The molecule has 2 N–H and O–H groups in total. The Morgan fingerprint density at radius 1 is 1.29 bits per heavy atom. The first kappa shape index (κ1) is 31.4. The number of benzene rings is 2. The van der Waals surface area contributed by atoms with Crippen molar-refractivity contribution in [3.63, 3.8) is 0 Å². The van der Waals surface area contributed by atoms with Crippen LogP contribution in [-0.4, -0.2) is 65.7 Å². The average molecular weight is 699 g/mol. The summed E-state index contributed by atoms with van der Waals surface area (Å²) in [4.78, 5) is 13.7. The Morgan fingerprint density at radius 3 is 2.92 bits per heavy atom. The Labute approximate surface area is 282 Å². The highest BCUT2D eigenvalue weighted by Gasteiger charge is 2.48. The standard InChI is InChI=1S/C34H31ClF4N6O2S/c1-16-11-34(6-2-7-44(34)13-16)15-47-33-42-28-25-29(46-8-5-18-9-17(10-22(37)38)14-45(18)32(25)43-33)26(35)24(27(28)39)19-3-4-21(36)30-23(19)20(12-40)31(41)48-30/h3-4,10,16,18,22H,2,5-9,11,13-15,41H2,1H3/b17-10-/t16-,18?,34?/m1/s1. The SMILES string of the molecule is C[C@H]1CN2CCCC2(COc2nc3c4c(c(Cl)c(-c5ccc(F)c6sc(N)c(C#N)c56)c(F)c4n2)OCCC2C/C(=C/C(F)F)CN32)C1. The average Bonchev–Trinajstić information content (AvgIpc) is 3.78. The van der Waals surface area contributed by atoms with E-state index in [1.807, 2.05) is 11.0 Å². The lowest BCUT2D eigenvalue weighted by atomic mass is 9.92. The number of thiophene rings is 1. The number of alkyl halides is 2. The summed E-state index contributed by atoms with van der Waals surface area (Å²) in [6.07, 6.45) is 2.14. The molecule has 0 amide bonds. The molecule has 2 aromatic heterocycles. The molecule has 3 atom stereocenters. The smallest absolute Gasteiger partial charge is 0.319 e. The fraction of sp³-hybridized carbons (Fsp3) is 0.441. The van der Waals surface area contributed by atoms with Crippen LogP contribution in [0.1, 0.15) is 44.6 Å². The van der Waals surface area contributed by atoms with Crippen molar-refractivity contribution in [3.8, 4) is 29.0 Å². The number of rotatable bonds is 5. The van der Waals surface area contributed by atoms with E-state index in [0.717, 1.165) is 49.8 Å². The first-order valence-electron chi connectivity index (χ1n) is 16.0. The highest BCUT2D eigenvalue weighted by Crippen LogP contribution is 2.52. The van der Waals surface area contributed by atoms with Gasteiger partial charge in [0.05, 0.1) is 32.8 Å². The van der Waals surface area contributed by atoms with E-state index in [9.17, 15) is 18.4 Å². The molecule has 250 valence electrons. The van der Waals surface area contributed by atoms with Crippen LogP contribution < -0.4 is 20.1 Å². The number of fused-ring (bicyclic) bond motifs is 4. The predicted molar refractivity (Wildman–Crippen MR) is 177 cm³/mol. The number of anilines is 2. The van der Waals surface area contributed by atoms with Gasteiger partial charge >= 0.3 is 6.01 Å². The summed E-state index contributed by atoms with van der Waals surface area (Å²) in [6.45, 7) is 4.80. The lowest BCUT2D eigenvalue weighted by Gasteiger charge is -2.32. The lowest BCUT2D eigenvalue weighted by molar-refractivity contribution is 0.107. The molecule has 14 heteroatoms. The minimum atomic E-state index is -2.62. The van der Waals surface area contributed by atoms with Gasteiger partial charge in [0.2, 0.25) is 0 Å². The van der Waals surface area contributed by atoms with Crippen molar-refractivity contribution in [2.75, 3.05) is 43.5 Å². The van der Waals surface area contributed by atoms with E-state index in [1.54, 1.807) is 0 Å². The zero-order chi connectivity index (χ0) is 33.5. The molecule has 3 fully saturated rings. The molecular weight excluding hydrogens is 668 g/mol. The van der Waals surface area contributed by atoms with Crippen molar-refractivity contribution in [2.45, 2.75) is 57.0 Å². The van der Waals surface area contributed by atoms with Gasteiger partial charge in [0.15, 0.2) is 11.6 Å². The molecule has 6 heterocycles. The summed E-state index contributed by atoms with van der Waals surface area (Å²) < 4.78 is 71.8. The van der Waals surface area contributed by atoms with Gasteiger partial charge in [-0.15, -0.1) is 11.3 Å². The molecule has 4 aromatic rings. The number of ether oxygens (including phenoxy) is 2. The number of nitrogens with zero attached hydrogens (tertiary/aromatic N) is 5. The van der Waals surface area contributed by atoms with Crippen LogP contribution in [0.5, 0.6) is 11.8 Å². The van der Waals surface area contributed by atoms with Crippen LogP contribution >= 0.6 is 22.9 Å². The van der Waals surface area contributed by atoms with Gasteiger partial charge < -0.3 is 20.1 Å². The predicted octanol–water partition coefficient (Wildman–Crippen LogP) is 7.70. The zero-order valence-corrected chi connectivity index (χ0v) is 27.5. The second kappa shape index (κ2) is 11.6. The van der Waals surface area contributed by atoms with Crippen LogP contribution in [0.15, 0.2) is 23.8 Å². The highest BCUT2D eigenvalue weighted by molar-refractivity contribution is 7.23. The normalized spacial score (nSPS) is 24.6. The Hall–Kier alpha value is -3.86. The first-order valence-corrected chi connectivity index (χ1v) is 17.2. The molecule has 0 bridgehead atoms. The fourth-order valence-corrected chi connectivity index (χ4v) is 9.62. The maximum atomic E-state index is 17.2. The Bertz CT molecular complexity index is 2070. The summed E-state index contributed by atoms with van der Waals surface area (Å²) in [5.74, 6) is -0.554. The van der Waals surface area contributed by atoms with Crippen molar-refractivity contribution in [3.05, 3.63) is 46.0 Å². The maximum Gasteiger partial charge on any atom is 0.319 e. The monoisotopic (exact) mass is 698 g/mol. The van der Waals surface area contributed by atoms with Gasteiger partial charge in [-0.25, -0.2) is 17.6 Å². The summed E-state index contributed by atoms with van der Waals surface area (Å²) in [5, 5.41) is 10.2. The van der Waals surface area contributed by atoms with E-state index >= 15 is 4.39 Å². The van der Waals surface area contributed by atoms with Gasteiger partial charge in [-0.2, -0.15) is 15.2 Å². The molecule has 0 spiro atoms. The number of nitrogen functional groups attached to an aromatic ring is 1. The molecule has 8 rings (SSSR count). The van der Waals surface area contributed by atoms with E-state index in [1.165, 1.54) is 12.1 Å². The summed E-state index contributed by atoms with van der Waals surface area (Å²) >= 11 is 7.91. The fourth-order valence-electron chi connectivity index (χ4n) is 8.34. The van der Waals surface area contributed by atoms with Crippen LogP contribution in [0.25, 0.3) is 32.1 Å². The van der Waals surface area contributed by atoms with E-state index in [-0.39, 0.29) is 90.0 Å². The van der Waals surface area contributed by atoms with Gasteiger partial charge in [-0.05, 0) is 61.4 Å². The van der Waals surface area contributed by atoms with Crippen molar-refractivity contribution in [1.29, 1.82) is 5.26 Å². The number of aromatic nitrogens is 2. The number of hydrogen-bond donors (Lipinski definition) is 1. The topological polar surface area (TPSA) is 101 Å². The first-order chi connectivity index (χ1) is 23.1. The summed E-state index contributed by atoms with van der Waals surface area (Å²) in [7, 11) is 0. The molecular formula is C34H31ClF4N6O2S. The molecule has 3 saturated heterocycles. The molecule has 0 saturated carbocycles. The molecule has 4 aliphatic heterocycles. The maximum absolute atomic E-state index is 17.2. The van der Waals surface area contributed by atoms with E-state index in [2.05, 4.69) is 16.8 Å². The summed E-state index contributed by atoms with van der Waals surface area (Å²) in [6, 6.07) is 4.28. The molecule has 4 aliphatic rings. The number of nitrogens with two attached hydrogens (primary N) is 1. The van der Waals surface area contributed by atoms with Crippen molar-refractivity contribution in [2.24, 2.45) is 5.92 Å². The molecule has 8 nitrogen and oxygen atoms in total. The van der Waals surface area contributed by atoms with Gasteiger partial charge in [0, 0.05) is 36.5 Å². The van der Waals surface area contributed by atoms with Crippen molar-refractivity contribution in [1.82, 2.24) is 14.9 Å². The second-order valence-electron chi connectivity index (χ2n) is 13.3. The minimum Gasteiger partial charge on any atom is -0.491 e. The van der Waals surface area contributed by atoms with E-state index < -0.39 is 18.1 Å². The Balaban J connectivity index is 1.35. The molecule has 2 unspecified atom stereocenters. The molecule has 48 heavy (non-hydrogen) atoms. The second-order valence-corrected chi connectivity index (χ2v) is 14.7.